The maximum atomic E-state index is 6.23. The molecule has 1 aromatic carbocycles. The van der Waals surface area contributed by atoms with Crippen LogP contribution in [0.4, 0.5) is 5.69 Å². The molecule has 19 heavy (non-hydrogen) atoms. The Labute approximate surface area is 119 Å². The molecule has 3 heteroatoms. The van der Waals surface area contributed by atoms with Gasteiger partial charge in [-0.05, 0) is 69.0 Å². The molecule has 0 fully saturated rings. The topological polar surface area (TPSA) is 35.2 Å². The molecular weight excluding hydrogens is 258 g/mol. The number of fused-ring (bicyclic) bond motifs is 3. The van der Waals surface area contributed by atoms with E-state index in [0.29, 0.717) is 16.6 Å². The average Bonchev–Trinajstić information content (AvgIpc) is 2.56. The molecule has 2 nitrogen and oxygen atoms in total. The number of nitrogens with two attached hydrogens (primary N) is 1. The van der Waals surface area contributed by atoms with Gasteiger partial charge in [-0.2, -0.15) is 0 Å². The highest BCUT2D eigenvalue weighted by Gasteiger charge is 2.45. The Morgan fingerprint density at radius 3 is 2.63 bits per heavy atom. The van der Waals surface area contributed by atoms with E-state index in [4.69, 9.17) is 22.1 Å². The smallest absolute Gasteiger partial charge is 0.0819 e. The predicted molar refractivity (Wildman–Crippen MR) is 80.3 cm³/mol. The van der Waals surface area contributed by atoms with E-state index < -0.39 is 0 Å². The summed E-state index contributed by atoms with van der Waals surface area (Å²) in [5.74, 6) is 0.383. The van der Waals surface area contributed by atoms with Crippen molar-refractivity contribution < 1.29 is 4.74 Å². The number of ether oxygens (including phenoxy) is 1. The maximum Gasteiger partial charge on any atom is 0.0819 e. The van der Waals surface area contributed by atoms with E-state index in [-0.39, 0.29) is 11.2 Å². The predicted octanol–water partition coefficient (Wildman–Crippen LogP) is 4.07. The lowest BCUT2D eigenvalue weighted by Crippen LogP contribution is -2.45. The molecule has 0 bridgehead atoms. The van der Waals surface area contributed by atoms with Gasteiger partial charge >= 0.3 is 0 Å². The Hall–Kier alpha value is -0.990. The highest BCUT2D eigenvalue weighted by Crippen LogP contribution is 2.50. The fourth-order valence-corrected chi connectivity index (χ4v) is 3.71. The molecule has 0 aromatic heterocycles. The molecule has 0 saturated carbocycles. The van der Waals surface area contributed by atoms with Crippen molar-refractivity contribution in [2.24, 2.45) is 5.92 Å². The number of nitrogen functional groups attached to an aromatic ring is 1. The first-order valence-electron chi connectivity index (χ1n) is 6.71. The van der Waals surface area contributed by atoms with Crippen molar-refractivity contribution in [2.45, 2.75) is 45.3 Å². The molecule has 1 aromatic rings. The number of hydrogen-bond donors (Lipinski definition) is 1. The third-order valence-electron chi connectivity index (χ3n) is 4.20. The van der Waals surface area contributed by atoms with Crippen LogP contribution in [0.5, 0.6) is 0 Å². The van der Waals surface area contributed by atoms with Crippen LogP contribution in [0.25, 0.3) is 5.57 Å². The van der Waals surface area contributed by atoms with E-state index in [1.807, 2.05) is 12.1 Å². The standard InChI is InChI=1S/C16H20ClNO/c1-15(2)8-11-10-7-13(17)14(18)6-9(10)5-12(11)16(3,4)19-15/h6-8,12H,5,18H2,1-4H3/t12-/m0/s1. The normalized spacial score (nSPS) is 26.6. The van der Waals surface area contributed by atoms with Gasteiger partial charge in [0.1, 0.15) is 0 Å². The van der Waals surface area contributed by atoms with Crippen molar-refractivity contribution in [3.8, 4) is 0 Å². The SMILES string of the molecule is CC1(C)C=C2c3cc(Cl)c(N)cc3C[C@@H]2C(C)(C)O1. The van der Waals surface area contributed by atoms with E-state index in [1.165, 1.54) is 16.7 Å². The quantitative estimate of drug-likeness (QED) is 0.726. The molecule has 0 saturated heterocycles. The van der Waals surface area contributed by atoms with Gasteiger partial charge in [0.2, 0.25) is 0 Å². The zero-order chi connectivity index (χ0) is 14.0. The Balaban J connectivity index is 2.19. The minimum absolute atomic E-state index is 0.173. The van der Waals surface area contributed by atoms with Crippen LogP contribution in [-0.2, 0) is 11.2 Å². The van der Waals surface area contributed by atoms with E-state index >= 15 is 0 Å². The first kappa shape index (κ1) is 13.0. The molecule has 1 heterocycles. The summed E-state index contributed by atoms with van der Waals surface area (Å²) in [5, 5.41) is 0.641. The summed E-state index contributed by atoms with van der Waals surface area (Å²) in [6.45, 7) is 8.55. The maximum absolute atomic E-state index is 6.23. The van der Waals surface area contributed by atoms with Crippen molar-refractivity contribution in [2.75, 3.05) is 5.73 Å². The molecule has 2 aliphatic rings. The van der Waals surface area contributed by atoms with Gasteiger partial charge in [0.15, 0.2) is 0 Å². The van der Waals surface area contributed by atoms with Crippen LogP contribution in [0, 0.1) is 5.92 Å². The third kappa shape index (κ3) is 1.98. The highest BCUT2D eigenvalue weighted by molar-refractivity contribution is 6.33. The Bertz CT molecular complexity index is 587. The molecule has 0 spiro atoms. The van der Waals surface area contributed by atoms with Gasteiger partial charge in [-0.3, -0.25) is 0 Å². The number of hydrogen-bond acceptors (Lipinski definition) is 2. The first-order chi connectivity index (χ1) is 8.70. The van der Waals surface area contributed by atoms with Crippen LogP contribution in [0.15, 0.2) is 18.2 Å². The van der Waals surface area contributed by atoms with E-state index in [2.05, 4.69) is 33.8 Å². The lowest BCUT2D eigenvalue weighted by Gasteiger charge is -2.44. The zero-order valence-corrected chi connectivity index (χ0v) is 12.6. The lowest BCUT2D eigenvalue weighted by molar-refractivity contribution is -0.123. The molecule has 0 radical (unpaired) electrons. The number of halogens is 1. The zero-order valence-electron chi connectivity index (χ0n) is 11.9. The second kappa shape index (κ2) is 3.77. The largest absolute Gasteiger partial charge is 0.398 e. The summed E-state index contributed by atoms with van der Waals surface area (Å²) < 4.78 is 6.23. The highest BCUT2D eigenvalue weighted by atomic mass is 35.5. The molecule has 0 amide bonds. The fraction of sp³-hybridized carbons (Fsp3) is 0.500. The van der Waals surface area contributed by atoms with Crippen LogP contribution in [0.2, 0.25) is 5.02 Å². The van der Waals surface area contributed by atoms with Crippen molar-refractivity contribution in [1.82, 2.24) is 0 Å². The van der Waals surface area contributed by atoms with Gasteiger partial charge in [0.05, 0.1) is 21.9 Å². The second-order valence-corrected chi connectivity index (χ2v) is 7.10. The number of benzene rings is 1. The summed E-state index contributed by atoms with van der Waals surface area (Å²) in [6.07, 6.45) is 3.22. The van der Waals surface area contributed by atoms with Crippen molar-refractivity contribution in [1.29, 1.82) is 0 Å². The summed E-state index contributed by atoms with van der Waals surface area (Å²) in [6, 6.07) is 4.02. The van der Waals surface area contributed by atoms with Gasteiger partial charge in [0, 0.05) is 5.92 Å². The summed E-state index contributed by atoms with van der Waals surface area (Å²) in [5.41, 5.74) is 10.1. The van der Waals surface area contributed by atoms with E-state index in [9.17, 15) is 0 Å². The minimum Gasteiger partial charge on any atom is -0.398 e. The number of rotatable bonds is 0. The molecule has 1 aliphatic heterocycles. The van der Waals surface area contributed by atoms with E-state index in [0.717, 1.165) is 6.42 Å². The molecule has 2 N–H and O–H groups in total. The Morgan fingerprint density at radius 1 is 1.26 bits per heavy atom. The van der Waals surface area contributed by atoms with E-state index in [1.54, 1.807) is 0 Å². The first-order valence-corrected chi connectivity index (χ1v) is 7.09. The summed E-state index contributed by atoms with van der Waals surface area (Å²) in [4.78, 5) is 0. The van der Waals surface area contributed by atoms with Gasteiger partial charge in [0.25, 0.3) is 0 Å². The molecule has 1 atom stereocenters. The van der Waals surface area contributed by atoms with Crippen molar-refractivity contribution in [3.63, 3.8) is 0 Å². The molecule has 102 valence electrons. The minimum atomic E-state index is -0.245. The average molecular weight is 278 g/mol. The number of anilines is 1. The van der Waals surface area contributed by atoms with Crippen molar-refractivity contribution >= 4 is 22.9 Å². The third-order valence-corrected chi connectivity index (χ3v) is 4.53. The summed E-state index contributed by atoms with van der Waals surface area (Å²) >= 11 is 6.18. The molecule has 0 unspecified atom stereocenters. The lowest BCUT2D eigenvalue weighted by atomic mass is 9.79. The van der Waals surface area contributed by atoms with Gasteiger partial charge < -0.3 is 10.5 Å². The van der Waals surface area contributed by atoms with Crippen LogP contribution < -0.4 is 5.73 Å². The van der Waals surface area contributed by atoms with Crippen LogP contribution in [-0.4, -0.2) is 11.2 Å². The molecule has 1 aliphatic carbocycles. The molecular formula is C16H20ClNO. The van der Waals surface area contributed by atoms with Crippen molar-refractivity contribution in [3.05, 3.63) is 34.4 Å². The van der Waals surface area contributed by atoms with Gasteiger partial charge in [-0.25, -0.2) is 0 Å². The van der Waals surface area contributed by atoms with Gasteiger partial charge in [-0.1, -0.05) is 11.6 Å². The fourth-order valence-electron chi connectivity index (χ4n) is 3.54. The van der Waals surface area contributed by atoms with Gasteiger partial charge in [-0.15, -0.1) is 0 Å². The molecule has 3 rings (SSSR count). The van der Waals surface area contributed by atoms with Crippen LogP contribution >= 0.6 is 11.6 Å². The monoisotopic (exact) mass is 277 g/mol. The van der Waals surface area contributed by atoms with Crippen LogP contribution in [0.1, 0.15) is 38.8 Å². The second-order valence-electron chi connectivity index (χ2n) is 6.70. The van der Waals surface area contributed by atoms with Crippen LogP contribution in [0.3, 0.4) is 0 Å². The Morgan fingerprint density at radius 2 is 1.95 bits per heavy atom. The summed E-state index contributed by atoms with van der Waals surface area (Å²) in [7, 11) is 0. The Kier molecular flexibility index (Phi) is 2.58.